The molecule has 5 heteroatoms. The molecular weight excluding hydrogens is 398 g/mol. The maximum absolute atomic E-state index is 13.1. The molecule has 3 aromatic heterocycles. The number of rotatable bonds is 6. The summed E-state index contributed by atoms with van der Waals surface area (Å²) in [5, 5.41) is 0.956. The summed E-state index contributed by atoms with van der Waals surface area (Å²) in [5.41, 5.74) is 3.34. The third kappa shape index (κ3) is 3.97. The SMILES string of the molecule is O=c1c2cc3c(=O)n(CCc4ccccc4)ccc3nc2ccn1CCc1ccccc1. The van der Waals surface area contributed by atoms with Crippen molar-refractivity contribution in [1.82, 2.24) is 14.1 Å². The van der Waals surface area contributed by atoms with Gasteiger partial charge in [0.15, 0.2) is 0 Å². The molecule has 0 aliphatic rings. The zero-order valence-electron chi connectivity index (χ0n) is 17.6. The fourth-order valence-electron chi connectivity index (χ4n) is 4.05. The van der Waals surface area contributed by atoms with Crippen LogP contribution in [0.5, 0.6) is 0 Å². The van der Waals surface area contributed by atoms with Gasteiger partial charge in [0.1, 0.15) is 0 Å². The van der Waals surface area contributed by atoms with Crippen molar-refractivity contribution in [1.29, 1.82) is 0 Å². The van der Waals surface area contributed by atoms with Crippen LogP contribution in [0.15, 0.2) is 101 Å². The number of fused-ring (bicyclic) bond motifs is 2. The standard InChI is InChI=1S/C27H23N3O2/c31-26-22-19-23-25(14-18-30(27(23)32)16-12-21-9-5-2-6-10-21)28-24(22)13-17-29(26)15-11-20-7-3-1-4-8-20/h1-10,13-14,17-19H,11-12,15-16H2. The molecule has 5 nitrogen and oxygen atoms in total. The van der Waals surface area contributed by atoms with E-state index < -0.39 is 0 Å². The summed E-state index contributed by atoms with van der Waals surface area (Å²) in [6.07, 6.45) is 5.10. The van der Waals surface area contributed by atoms with Gasteiger partial charge in [0.2, 0.25) is 0 Å². The molecule has 0 fully saturated rings. The second kappa shape index (κ2) is 8.63. The molecule has 32 heavy (non-hydrogen) atoms. The van der Waals surface area contributed by atoms with Gasteiger partial charge in [0.25, 0.3) is 11.1 Å². The van der Waals surface area contributed by atoms with E-state index in [1.165, 1.54) is 11.1 Å². The molecule has 0 unspecified atom stereocenters. The van der Waals surface area contributed by atoms with E-state index in [9.17, 15) is 9.59 Å². The first-order chi connectivity index (χ1) is 15.7. The molecule has 0 radical (unpaired) electrons. The van der Waals surface area contributed by atoms with E-state index in [-0.39, 0.29) is 11.1 Å². The van der Waals surface area contributed by atoms with Gasteiger partial charge in [-0.3, -0.25) is 9.59 Å². The predicted octanol–water partition coefficient (Wildman–Crippen LogP) is 4.20. The van der Waals surface area contributed by atoms with Gasteiger partial charge < -0.3 is 9.13 Å². The van der Waals surface area contributed by atoms with E-state index >= 15 is 0 Å². The number of benzene rings is 2. The molecule has 0 atom stereocenters. The number of pyridine rings is 3. The average Bonchev–Trinajstić information content (AvgIpc) is 2.84. The molecule has 3 heterocycles. The van der Waals surface area contributed by atoms with E-state index in [1.54, 1.807) is 27.6 Å². The summed E-state index contributed by atoms with van der Waals surface area (Å²) in [5.74, 6) is 0. The fraction of sp³-hybridized carbons (Fsp3) is 0.148. The minimum atomic E-state index is -0.119. The molecule has 0 amide bonds. The van der Waals surface area contributed by atoms with Crippen LogP contribution in [-0.4, -0.2) is 14.1 Å². The van der Waals surface area contributed by atoms with Gasteiger partial charge in [-0.1, -0.05) is 60.7 Å². The Morgan fingerprint density at radius 2 is 1.03 bits per heavy atom. The zero-order valence-corrected chi connectivity index (χ0v) is 17.6. The molecule has 0 saturated carbocycles. The predicted molar refractivity (Wildman–Crippen MR) is 128 cm³/mol. The largest absolute Gasteiger partial charge is 0.315 e. The Kier molecular flexibility index (Phi) is 5.38. The van der Waals surface area contributed by atoms with Gasteiger partial charge in [0, 0.05) is 25.5 Å². The van der Waals surface area contributed by atoms with Gasteiger partial charge in [-0.05, 0) is 42.2 Å². The van der Waals surface area contributed by atoms with Crippen molar-refractivity contribution in [3.05, 3.63) is 123 Å². The lowest BCUT2D eigenvalue weighted by Crippen LogP contribution is -2.23. The van der Waals surface area contributed by atoms with Crippen molar-refractivity contribution >= 4 is 21.8 Å². The molecule has 0 aliphatic carbocycles. The molecule has 0 aliphatic heterocycles. The second-order valence-electron chi connectivity index (χ2n) is 7.95. The van der Waals surface area contributed by atoms with Crippen LogP contribution in [0.4, 0.5) is 0 Å². The summed E-state index contributed by atoms with van der Waals surface area (Å²) < 4.78 is 3.39. The molecule has 5 aromatic rings. The maximum Gasteiger partial charge on any atom is 0.260 e. The lowest BCUT2D eigenvalue weighted by molar-refractivity contribution is 0.673. The minimum Gasteiger partial charge on any atom is -0.315 e. The first-order valence-corrected chi connectivity index (χ1v) is 10.8. The summed E-state index contributed by atoms with van der Waals surface area (Å²) in [4.78, 5) is 30.8. The Hall–Kier alpha value is -3.99. The Morgan fingerprint density at radius 3 is 1.47 bits per heavy atom. The molecule has 0 bridgehead atoms. The highest BCUT2D eigenvalue weighted by Crippen LogP contribution is 2.15. The van der Waals surface area contributed by atoms with Gasteiger partial charge in [-0.2, -0.15) is 0 Å². The van der Waals surface area contributed by atoms with E-state index in [2.05, 4.69) is 29.2 Å². The van der Waals surface area contributed by atoms with Crippen LogP contribution in [0, 0.1) is 0 Å². The summed E-state index contributed by atoms with van der Waals surface area (Å²) >= 11 is 0. The van der Waals surface area contributed by atoms with E-state index in [4.69, 9.17) is 0 Å². The van der Waals surface area contributed by atoms with Gasteiger partial charge in [-0.25, -0.2) is 4.98 Å². The monoisotopic (exact) mass is 421 g/mol. The molecular formula is C27H23N3O2. The van der Waals surface area contributed by atoms with Crippen molar-refractivity contribution in [3.63, 3.8) is 0 Å². The molecule has 0 saturated heterocycles. The number of aryl methyl sites for hydroxylation is 4. The zero-order chi connectivity index (χ0) is 21.9. The molecule has 0 N–H and O–H groups in total. The van der Waals surface area contributed by atoms with E-state index in [0.29, 0.717) is 34.9 Å². The normalized spacial score (nSPS) is 11.2. The maximum atomic E-state index is 13.1. The third-order valence-electron chi connectivity index (χ3n) is 5.86. The first kappa shape index (κ1) is 19.9. The van der Waals surface area contributed by atoms with E-state index in [0.717, 1.165) is 12.8 Å². The average molecular weight is 422 g/mol. The van der Waals surface area contributed by atoms with Crippen LogP contribution in [0.25, 0.3) is 21.8 Å². The molecule has 0 spiro atoms. The fourth-order valence-corrected chi connectivity index (χ4v) is 4.05. The van der Waals surface area contributed by atoms with Crippen molar-refractivity contribution < 1.29 is 0 Å². The van der Waals surface area contributed by atoms with Crippen LogP contribution in [0.3, 0.4) is 0 Å². The highest BCUT2D eigenvalue weighted by atomic mass is 16.1. The number of hydrogen-bond acceptors (Lipinski definition) is 3. The van der Waals surface area contributed by atoms with Crippen LogP contribution >= 0.6 is 0 Å². The topological polar surface area (TPSA) is 56.9 Å². The number of hydrogen-bond donors (Lipinski definition) is 0. The summed E-state index contributed by atoms with van der Waals surface area (Å²) in [7, 11) is 0. The molecule has 2 aromatic carbocycles. The van der Waals surface area contributed by atoms with Crippen molar-refractivity contribution in [2.24, 2.45) is 0 Å². The number of nitrogens with zero attached hydrogens (tertiary/aromatic N) is 3. The first-order valence-electron chi connectivity index (χ1n) is 10.8. The van der Waals surface area contributed by atoms with Crippen molar-refractivity contribution in [3.8, 4) is 0 Å². The Bertz CT molecular complexity index is 1390. The Balaban J connectivity index is 1.48. The molecule has 5 rings (SSSR count). The van der Waals surface area contributed by atoms with Gasteiger partial charge in [0.05, 0.1) is 21.8 Å². The summed E-state index contributed by atoms with van der Waals surface area (Å²) in [6, 6.07) is 25.6. The lowest BCUT2D eigenvalue weighted by Gasteiger charge is -2.10. The quantitative estimate of drug-likeness (QED) is 0.386. The summed E-state index contributed by atoms with van der Waals surface area (Å²) in [6.45, 7) is 1.15. The van der Waals surface area contributed by atoms with Crippen LogP contribution < -0.4 is 11.1 Å². The Morgan fingerprint density at radius 1 is 0.594 bits per heavy atom. The third-order valence-corrected chi connectivity index (χ3v) is 5.86. The van der Waals surface area contributed by atoms with E-state index in [1.807, 2.05) is 48.5 Å². The van der Waals surface area contributed by atoms with Gasteiger partial charge in [-0.15, -0.1) is 0 Å². The van der Waals surface area contributed by atoms with Crippen molar-refractivity contribution in [2.75, 3.05) is 0 Å². The van der Waals surface area contributed by atoms with Crippen molar-refractivity contribution in [2.45, 2.75) is 25.9 Å². The van der Waals surface area contributed by atoms with Crippen LogP contribution in [0.2, 0.25) is 0 Å². The second-order valence-corrected chi connectivity index (χ2v) is 7.95. The highest BCUT2D eigenvalue weighted by Gasteiger charge is 2.10. The van der Waals surface area contributed by atoms with Crippen LogP contribution in [0.1, 0.15) is 11.1 Å². The number of aromatic nitrogens is 3. The smallest absolute Gasteiger partial charge is 0.260 e. The highest BCUT2D eigenvalue weighted by molar-refractivity contribution is 5.91. The van der Waals surface area contributed by atoms with Crippen LogP contribution in [-0.2, 0) is 25.9 Å². The van der Waals surface area contributed by atoms with Gasteiger partial charge >= 0.3 is 0 Å². The Labute approximate surface area is 185 Å². The lowest BCUT2D eigenvalue weighted by atomic mass is 10.1. The minimum absolute atomic E-state index is 0.119. The molecule has 158 valence electrons.